The van der Waals surface area contributed by atoms with Crippen LogP contribution in [0.1, 0.15) is 5.56 Å². The molecule has 0 aromatic heterocycles. The number of nitrogens with one attached hydrogen (secondary N) is 1. The highest BCUT2D eigenvalue weighted by Crippen LogP contribution is 2.16. The third-order valence-electron chi connectivity index (χ3n) is 2.91. The van der Waals surface area contributed by atoms with E-state index in [9.17, 15) is 4.39 Å². The number of hydrogen-bond donors (Lipinski definition) is 2. The van der Waals surface area contributed by atoms with E-state index >= 15 is 0 Å². The summed E-state index contributed by atoms with van der Waals surface area (Å²) in [6.45, 7) is 0.492. The van der Waals surface area contributed by atoms with E-state index in [1.165, 1.54) is 12.1 Å². The van der Waals surface area contributed by atoms with Crippen LogP contribution in [0.5, 0.6) is 5.75 Å². The SMILES string of the molecule is COc1cccc(NC(N)=NCCc2cccc(F)c2)c1.I. The fourth-order valence-corrected chi connectivity index (χ4v) is 1.89. The van der Waals surface area contributed by atoms with Crippen LogP contribution < -0.4 is 15.8 Å². The van der Waals surface area contributed by atoms with Gasteiger partial charge in [0.25, 0.3) is 0 Å². The summed E-state index contributed by atoms with van der Waals surface area (Å²) >= 11 is 0. The maximum atomic E-state index is 13.0. The number of hydrogen-bond acceptors (Lipinski definition) is 2. The van der Waals surface area contributed by atoms with Crippen LogP contribution in [0, 0.1) is 5.82 Å². The number of ether oxygens (including phenoxy) is 1. The maximum absolute atomic E-state index is 13.0. The van der Waals surface area contributed by atoms with Crippen molar-refractivity contribution in [3.05, 3.63) is 59.9 Å². The van der Waals surface area contributed by atoms with E-state index < -0.39 is 0 Å². The minimum absolute atomic E-state index is 0. The van der Waals surface area contributed by atoms with E-state index in [0.29, 0.717) is 18.9 Å². The zero-order valence-corrected chi connectivity index (χ0v) is 14.6. The van der Waals surface area contributed by atoms with Gasteiger partial charge >= 0.3 is 0 Å². The molecule has 118 valence electrons. The van der Waals surface area contributed by atoms with Crippen LogP contribution in [0.4, 0.5) is 10.1 Å². The molecule has 0 amide bonds. The molecular formula is C16H19FIN3O. The predicted octanol–water partition coefficient (Wildman–Crippen LogP) is 3.42. The normalized spacial score (nSPS) is 10.7. The van der Waals surface area contributed by atoms with Crippen molar-refractivity contribution in [2.75, 3.05) is 19.0 Å². The Kier molecular flexibility index (Phi) is 7.65. The fraction of sp³-hybridized carbons (Fsp3) is 0.188. The van der Waals surface area contributed by atoms with Gasteiger partial charge in [-0.3, -0.25) is 4.99 Å². The molecule has 0 atom stereocenters. The molecule has 2 aromatic rings. The van der Waals surface area contributed by atoms with Gasteiger partial charge in [0, 0.05) is 18.3 Å². The lowest BCUT2D eigenvalue weighted by atomic mass is 10.1. The molecule has 2 aromatic carbocycles. The van der Waals surface area contributed by atoms with Crippen molar-refractivity contribution in [1.82, 2.24) is 0 Å². The Bertz CT molecular complexity index is 634. The van der Waals surface area contributed by atoms with Gasteiger partial charge in [-0.25, -0.2) is 4.39 Å². The lowest BCUT2D eigenvalue weighted by molar-refractivity contribution is 0.415. The van der Waals surface area contributed by atoms with Crippen LogP contribution in [0.3, 0.4) is 0 Å². The van der Waals surface area contributed by atoms with Crippen LogP contribution in [0.2, 0.25) is 0 Å². The molecule has 0 saturated heterocycles. The van der Waals surface area contributed by atoms with Gasteiger partial charge in [0.05, 0.1) is 7.11 Å². The lowest BCUT2D eigenvalue weighted by Crippen LogP contribution is -2.23. The van der Waals surface area contributed by atoms with Gasteiger partial charge in [0.15, 0.2) is 5.96 Å². The van der Waals surface area contributed by atoms with Crippen molar-refractivity contribution in [2.45, 2.75) is 6.42 Å². The van der Waals surface area contributed by atoms with Crippen molar-refractivity contribution in [3.8, 4) is 5.75 Å². The van der Waals surface area contributed by atoms with Crippen LogP contribution in [0.25, 0.3) is 0 Å². The Morgan fingerprint density at radius 2 is 2.00 bits per heavy atom. The summed E-state index contributed by atoms with van der Waals surface area (Å²) in [7, 11) is 1.61. The zero-order chi connectivity index (χ0) is 15.1. The van der Waals surface area contributed by atoms with Crippen LogP contribution in [-0.4, -0.2) is 19.6 Å². The van der Waals surface area contributed by atoms with E-state index in [-0.39, 0.29) is 29.8 Å². The molecule has 0 radical (unpaired) electrons. The summed E-state index contributed by atoms with van der Waals surface area (Å²) in [4.78, 5) is 4.22. The smallest absolute Gasteiger partial charge is 0.193 e. The third-order valence-corrected chi connectivity index (χ3v) is 2.91. The summed E-state index contributed by atoms with van der Waals surface area (Å²) in [6, 6.07) is 13.9. The minimum atomic E-state index is -0.237. The van der Waals surface area contributed by atoms with Crippen molar-refractivity contribution in [3.63, 3.8) is 0 Å². The summed E-state index contributed by atoms with van der Waals surface area (Å²) < 4.78 is 18.2. The third kappa shape index (κ3) is 5.88. The van der Waals surface area contributed by atoms with E-state index in [1.54, 1.807) is 13.2 Å². The molecule has 2 rings (SSSR count). The quantitative estimate of drug-likeness (QED) is 0.447. The lowest BCUT2D eigenvalue weighted by Gasteiger charge is -2.07. The molecule has 0 aliphatic rings. The number of anilines is 1. The number of aliphatic imine (C=N–C) groups is 1. The molecule has 3 N–H and O–H groups in total. The van der Waals surface area contributed by atoms with Gasteiger partial charge < -0.3 is 15.8 Å². The van der Waals surface area contributed by atoms with Crippen LogP contribution in [-0.2, 0) is 6.42 Å². The first-order chi connectivity index (χ1) is 10.2. The molecule has 0 aliphatic heterocycles. The summed E-state index contributed by atoms with van der Waals surface area (Å²) in [5, 5.41) is 2.99. The molecule has 0 fully saturated rings. The predicted molar refractivity (Wildman–Crippen MR) is 98.6 cm³/mol. The zero-order valence-electron chi connectivity index (χ0n) is 12.3. The maximum Gasteiger partial charge on any atom is 0.193 e. The van der Waals surface area contributed by atoms with Gasteiger partial charge in [-0.15, -0.1) is 24.0 Å². The highest BCUT2D eigenvalue weighted by molar-refractivity contribution is 14.0. The van der Waals surface area contributed by atoms with E-state index in [4.69, 9.17) is 10.5 Å². The molecule has 0 heterocycles. The second kappa shape index (κ2) is 9.24. The van der Waals surface area contributed by atoms with Gasteiger partial charge in [0.2, 0.25) is 0 Å². The van der Waals surface area contributed by atoms with Crippen molar-refractivity contribution >= 4 is 35.6 Å². The molecule has 0 bridgehead atoms. The number of guanidine groups is 1. The number of halogens is 2. The average molecular weight is 415 g/mol. The topological polar surface area (TPSA) is 59.6 Å². The summed E-state index contributed by atoms with van der Waals surface area (Å²) in [5.74, 6) is 0.825. The number of nitrogens with zero attached hydrogens (tertiary/aromatic N) is 1. The van der Waals surface area contributed by atoms with Crippen molar-refractivity contribution in [1.29, 1.82) is 0 Å². The second-order valence-corrected chi connectivity index (χ2v) is 4.50. The number of rotatable bonds is 5. The first-order valence-electron chi connectivity index (χ1n) is 6.63. The average Bonchev–Trinajstić information content (AvgIpc) is 2.47. The molecule has 22 heavy (non-hydrogen) atoms. The molecule has 6 heteroatoms. The Balaban J connectivity index is 0.00000242. The van der Waals surface area contributed by atoms with E-state index in [0.717, 1.165) is 17.0 Å². The summed E-state index contributed by atoms with van der Waals surface area (Å²) in [5.41, 5.74) is 7.52. The summed E-state index contributed by atoms with van der Waals surface area (Å²) in [6.07, 6.45) is 0.637. The standard InChI is InChI=1S/C16H18FN3O.HI/c1-21-15-7-3-6-14(11-15)20-16(18)19-9-8-12-4-2-5-13(17)10-12;/h2-7,10-11H,8-9H2,1H3,(H3,18,19,20);1H. The van der Waals surface area contributed by atoms with Crippen molar-refractivity contribution in [2.24, 2.45) is 10.7 Å². The number of methoxy groups -OCH3 is 1. The van der Waals surface area contributed by atoms with E-state index in [2.05, 4.69) is 10.3 Å². The van der Waals surface area contributed by atoms with Crippen LogP contribution >= 0.6 is 24.0 Å². The Hall–Kier alpha value is -1.83. The monoisotopic (exact) mass is 415 g/mol. The molecule has 0 saturated carbocycles. The first-order valence-corrected chi connectivity index (χ1v) is 6.63. The molecule has 0 spiro atoms. The Morgan fingerprint density at radius 3 is 2.73 bits per heavy atom. The second-order valence-electron chi connectivity index (χ2n) is 4.50. The molecule has 4 nitrogen and oxygen atoms in total. The number of benzene rings is 2. The van der Waals surface area contributed by atoms with Gasteiger partial charge in [-0.1, -0.05) is 18.2 Å². The van der Waals surface area contributed by atoms with Crippen LogP contribution in [0.15, 0.2) is 53.5 Å². The van der Waals surface area contributed by atoms with Gasteiger partial charge in [-0.2, -0.15) is 0 Å². The Morgan fingerprint density at radius 1 is 1.23 bits per heavy atom. The molecular weight excluding hydrogens is 396 g/mol. The molecule has 0 aliphatic carbocycles. The van der Waals surface area contributed by atoms with Gasteiger partial charge in [0.1, 0.15) is 11.6 Å². The fourth-order valence-electron chi connectivity index (χ4n) is 1.89. The largest absolute Gasteiger partial charge is 0.497 e. The molecule has 0 unspecified atom stereocenters. The first kappa shape index (κ1) is 18.2. The number of nitrogens with two attached hydrogens (primary N) is 1. The Labute approximate surface area is 146 Å². The minimum Gasteiger partial charge on any atom is -0.497 e. The van der Waals surface area contributed by atoms with Gasteiger partial charge in [-0.05, 0) is 36.2 Å². The highest BCUT2D eigenvalue weighted by atomic mass is 127. The van der Waals surface area contributed by atoms with Crippen molar-refractivity contribution < 1.29 is 9.13 Å². The highest BCUT2D eigenvalue weighted by Gasteiger charge is 1.98. The van der Waals surface area contributed by atoms with E-state index in [1.807, 2.05) is 30.3 Å².